The first-order valence-electron chi connectivity index (χ1n) is 12.6. The summed E-state index contributed by atoms with van der Waals surface area (Å²) in [5, 5.41) is 11.2. The molecular weight excluding hydrogens is 524 g/mol. The van der Waals surface area contributed by atoms with Gasteiger partial charge in [-0.15, -0.1) is 5.10 Å². The molecule has 5 rings (SSSR count). The maximum atomic E-state index is 13.3. The number of alkyl halides is 6. The number of nitrogens with one attached hydrogen (secondary N) is 1. The van der Waals surface area contributed by atoms with E-state index in [-0.39, 0.29) is 30.3 Å². The molecule has 0 amide bonds. The van der Waals surface area contributed by atoms with Gasteiger partial charge in [0.05, 0.1) is 36.1 Å². The summed E-state index contributed by atoms with van der Waals surface area (Å²) in [5.74, 6) is 0.990. The molecule has 4 unspecified atom stereocenters. The lowest BCUT2D eigenvalue weighted by molar-refractivity contribution is -0.143. The molecule has 12 heteroatoms. The van der Waals surface area contributed by atoms with Gasteiger partial charge in [0, 0.05) is 19.1 Å². The number of hydrogen-bond donors (Lipinski definition) is 1. The average Bonchev–Trinajstić information content (AvgIpc) is 3.30. The van der Waals surface area contributed by atoms with E-state index < -0.39 is 30.1 Å². The number of benzene rings is 2. The van der Waals surface area contributed by atoms with Crippen LogP contribution in [0.5, 0.6) is 0 Å². The molecule has 2 aliphatic rings. The molecule has 6 nitrogen and oxygen atoms in total. The van der Waals surface area contributed by atoms with Gasteiger partial charge in [0.2, 0.25) is 0 Å². The Morgan fingerprint density at radius 2 is 1.69 bits per heavy atom. The van der Waals surface area contributed by atoms with Crippen LogP contribution in [0.2, 0.25) is 0 Å². The van der Waals surface area contributed by atoms with E-state index in [2.05, 4.69) is 32.4 Å². The van der Waals surface area contributed by atoms with Crippen molar-refractivity contribution in [1.29, 1.82) is 0 Å². The Morgan fingerprint density at radius 3 is 2.31 bits per heavy atom. The zero-order chi connectivity index (χ0) is 27.9. The SMILES string of the molecule is CN(C)Cc1nn[nH]c1C(COCc1cc(C(F)(F)F)cc(C(F)(F)F)c1)N1CC2CC2C1c1ccccc1. The Balaban J connectivity index is 1.42. The average molecular weight is 554 g/mol. The van der Waals surface area contributed by atoms with Crippen LogP contribution in [0, 0.1) is 11.8 Å². The lowest BCUT2D eigenvalue weighted by Crippen LogP contribution is -2.35. The van der Waals surface area contributed by atoms with Crippen molar-refractivity contribution >= 4 is 0 Å². The highest BCUT2D eigenvalue weighted by Gasteiger charge is 2.55. The first-order chi connectivity index (χ1) is 18.4. The van der Waals surface area contributed by atoms with Crippen molar-refractivity contribution in [3.05, 3.63) is 82.2 Å². The number of hydrogen-bond acceptors (Lipinski definition) is 5. The van der Waals surface area contributed by atoms with Gasteiger partial charge in [-0.2, -0.15) is 26.3 Å². The number of aromatic nitrogens is 3. The lowest BCUT2D eigenvalue weighted by Gasteiger charge is -2.35. The monoisotopic (exact) mass is 553 g/mol. The molecule has 0 radical (unpaired) electrons. The van der Waals surface area contributed by atoms with Gasteiger partial charge in [0.15, 0.2) is 0 Å². The van der Waals surface area contributed by atoms with Crippen LogP contribution >= 0.6 is 0 Å². The van der Waals surface area contributed by atoms with Crippen molar-refractivity contribution in [1.82, 2.24) is 25.2 Å². The first kappa shape index (κ1) is 27.6. The summed E-state index contributed by atoms with van der Waals surface area (Å²) in [4.78, 5) is 4.24. The van der Waals surface area contributed by atoms with Crippen LogP contribution in [0.25, 0.3) is 0 Å². The number of nitrogens with zero attached hydrogens (tertiary/aromatic N) is 4. The van der Waals surface area contributed by atoms with Crippen LogP contribution < -0.4 is 0 Å². The second-order valence-corrected chi connectivity index (χ2v) is 10.6. The molecule has 1 aliphatic heterocycles. The number of ether oxygens (including phenoxy) is 1. The number of aromatic amines is 1. The highest BCUT2D eigenvalue weighted by atomic mass is 19.4. The maximum absolute atomic E-state index is 13.3. The Hall–Kier alpha value is -2.96. The van der Waals surface area contributed by atoms with E-state index in [0.717, 1.165) is 24.2 Å². The molecular formula is C27H29F6N5O. The van der Waals surface area contributed by atoms with Crippen molar-refractivity contribution in [3.8, 4) is 0 Å². The Bertz CT molecular complexity index is 1240. The van der Waals surface area contributed by atoms with Gasteiger partial charge in [-0.25, -0.2) is 0 Å². The summed E-state index contributed by atoms with van der Waals surface area (Å²) in [7, 11) is 3.79. The number of H-pyrrole nitrogens is 1. The van der Waals surface area contributed by atoms with E-state index in [4.69, 9.17) is 4.74 Å². The number of fused-ring (bicyclic) bond motifs is 1. The highest BCUT2D eigenvalue weighted by molar-refractivity contribution is 5.33. The number of halogens is 6. The third-order valence-corrected chi connectivity index (χ3v) is 7.37. The highest BCUT2D eigenvalue weighted by Crippen LogP contribution is 2.58. The molecule has 2 fully saturated rings. The standard InChI is InChI=1S/C27H29F6N5O/c1-37(2)13-22-24(35-36-34-22)23(38-12-18-10-21(18)25(38)17-6-4-3-5-7-17)15-39-14-16-8-19(26(28,29)30)11-20(9-16)27(31,32)33/h3-9,11,18,21,23,25H,10,12-15H2,1-2H3,(H,34,35,36). The van der Waals surface area contributed by atoms with E-state index in [9.17, 15) is 26.3 Å². The molecule has 1 N–H and O–H groups in total. The van der Waals surface area contributed by atoms with Crippen LogP contribution in [0.15, 0.2) is 48.5 Å². The molecule has 2 aromatic carbocycles. The molecule has 3 aromatic rings. The summed E-state index contributed by atoms with van der Waals surface area (Å²) < 4.78 is 85.9. The summed E-state index contributed by atoms with van der Waals surface area (Å²) in [6.07, 6.45) is -8.72. The van der Waals surface area contributed by atoms with Crippen LogP contribution in [0.1, 0.15) is 52.1 Å². The minimum atomic E-state index is -4.92. The van der Waals surface area contributed by atoms with Crippen molar-refractivity contribution < 1.29 is 31.1 Å². The third kappa shape index (κ3) is 6.12. The molecule has 1 aromatic heterocycles. The summed E-state index contributed by atoms with van der Waals surface area (Å²) in [6, 6.07) is 11.3. The van der Waals surface area contributed by atoms with Crippen molar-refractivity contribution in [2.24, 2.45) is 11.8 Å². The van der Waals surface area contributed by atoms with Gasteiger partial charge in [0.1, 0.15) is 5.69 Å². The molecule has 0 bridgehead atoms. The fourth-order valence-electron chi connectivity index (χ4n) is 5.58. The predicted molar refractivity (Wildman–Crippen MR) is 130 cm³/mol. The van der Waals surface area contributed by atoms with E-state index in [1.165, 1.54) is 0 Å². The maximum Gasteiger partial charge on any atom is 0.416 e. The fourth-order valence-corrected chi connectivity index (χ4v) is 5.58. The van der Waals surface area contributed by atoms with Crippen molar-refractivity contribution in [3.63, 3.8) is 0 Å². The second-order valence-electron chi connectivity index (χ2n) is 10.6. The molecule has 1 aliphatic carbocycles. The van der Waals surface area contributed by atoms with E-state index in [1.807, 2.05) is 37.2 Å². The van der Waals surface area contributed by atoms with E-state index in [1.54, 1.807) is 0 Å². The summed E-state index contributed by atoms with van der Waals surface area (Å²) in [5.41, 5.74) is -0.326. The third-order valence-electron chi connectivity index (χ3n) is 7.37. The molecule has 0 spiro atoms. The first-order valence-corrected chi connectivity index (χ1v) is 12.6. The molecule has 39 heavy (non-hydrogen) atoms. The lowest BCUT2D eigenvalue weighted by atomic mass is 9.99. The van der Waals surface area contributed by atoms with Crippen LogP contribution in [0.4, 0.5) is 26.3 Å². The molecule has 1 saturated heterocycles. The van der Waals surface area contributed by atoms with E-state index >= 15 is 0 Å². The van der Waals surface area contributed by atoms with Crippen LogP contribution in [-0.2, 0) is 30.2 Å². The molecule has 4 atom stereocenters. The second kappa shape index (κ2) is 10.5. The van der Waals surface area contributed by atoms with Crippen LogP contribution in [0.3, 0.4) is 0 Å². The van der Waals surface area contributed by atoms with Gasteiger partial charge >= 0.3 is 12.4 Å². The van der Waals surface area contributed by atoms with Crippen molar-refractivity contribution in [2.75, 3.05) is 27.2 Å². The molecule has 1 saturated carbocycles. The van der Waals surface area contributed by atoms with Gasteiger partial charge in [0.25, 0.3) is 0 Å². The Labute approximate surface area is 221 Å². The van der Waals surface area contributed by atoms with Gasteiger partial charge in [-0.05, 0) is 61.7 Å². The van der Waals surface area contributed by atoms with Crippen molar-refractivity contribution in [2.45, 2.75) is 44.0 Å². The fraction of sp³-hybridized carbons (Fsp3) is 0.481. The quantitative estimate of drug-likeness (QED) is 0.337. The Morgan fingerprint density at radius 1 is 1.03 bits per heavy atom. The normalized spacial score (nSPS) is 22.3. The van der Waals surface area contributed by atoms with Gasteiger partial charge in [-0.3, -0.25) is 10.00 Å². The minimum Gasteiger partial charge on any atom is -0.375 e. The minimum absolute atomic E-state index is 0.0324. The predicted octanol–water partition coefficient (Wildman–Crippen LogP) is 5.85. The zero-order valence-electron chi connectivity index (χ0n) is 21.4. The molecule has 2 heterocycles. The number of piperidine rings is 1. The largest absolute Gasteiger partial charge is 0.416 e. The van der Waals surface area contributed by atoms with E-state index in [0.29, 0.717) is 36.2 Å². The number of rotatable bonds is 9. The topological polar surface area (TPSA) is 57.3 Å². The summed E-state index contributed by atoms with van der Waals surface area (Å²) >= 11 is 0. The number of likely N-dealkylation sites (tertiary alicyclic amines) is 1. The zero-order valence-corrected chi connectivity index (χ0v) is 21.4. The Kier molecular flexibility index (Phi) is 7.47. The van der Waals surface area contributed by atoms with Crippen LogP contribution in [-0.4, -0.2) is 52.5 Å². The summed E-state index contributed by atoms with van der Waals surface area (Å²) in [6.45, 7) is 0.914. The smallest absolute Gasteiger partial charge is 0.375 e. The molecule has 210 valence electrons. The van der Waals surface area contributed by atoms with Gasteiger partial charge < -0.3 is 9.64 Å². The van der Waals surface area contributed by atoms with Gasteiger partial charge in [-0.1, -0.05) is 35.5 Å².